The molecule has 6 heteroatoms. The van der Waals surface area contributed by atoms with Crippen molar-refractivity contribution in [1.29, 1.82) is 0 Å². The molecule has 0 aliphatic carbocycles. The maximum absolute atomic E-state index is 13.0. The van der Waals surface area contributed by atoms with Gasteiger partial charge in [0.2, 0.25) is 5.91 Å². The highest BCUT2D eigenvalue weighted by molar-refractivity contribution is 6.31. The van der Waals surface area contributed by atoms with E-state index in [9.17, 15) is 9.59 Å². The molecule has 30 heavy (non-hydrogen) atoms. The van der Waals surface area contributed by atoms with Crippen molar-refractivity contribution in [3.05, 3.63) is 88.9 Å². The Morgan fingerprint density at radius 1 is 0.967 bits per heavy atom. The van der Waals surface area contributed by atoms with Crippen LogP contribution in [0.1, 0.15) is 22.8 Å². The van der Waals surface area contributed by atoms with Crippen molar-refractivity contribution in [2.24, 2.45) is 0 Å². The number of hydrogen-bond acceptors (Lipinski definition) is 3. The second-order valence-corrected chi connectivity index (χ2v) is 7.19. The number of nitrogens with one attached hydrogen (secondary N) is 2. The number of rotatable bonds is 7. The van der Waals surface area contributed by atoms with Crippen LogP contribution in [0, 0.1) is 6.92 Å². The first-order chi connectivity index (χ1) is 14.5. The molecule has 154 valence electrons. The van der Waals surface area contributed by atoms with Crippen molar-refractivity contribution in [2.45, 2.75) is 13.8 Å². The summed E-state index contributed by atoms with van der Waals surface area (Å²) in [5.74, 6) is -0.332. The van der Waals surface area contributed by atoms with Gasteiger partial charge in [-0.3, -0.25) is 9.59 Å². The Morgan fingerprint density at radius 3 is 2.43 bits per heavy atom. The van der Waals surface area contributed by atoms with Crippen LogP contribution in [0.25, 0.3) is 0 Å². The average molecular weight is 422 g/mol. The summed E-state index contributed by atoms with van der Waals surface area (Å²) in [6, 6.07) is 22.0. The van der Waals surface area contributed by atoms with Crippen molar-refractivity contribution in [3.63, 3.8) is 0 Å². The van der Waals surface area contributed by atoms with E-state index in [1.54, 1.807) is 35.2 Å². The minimum atomic E-state index is -0.214. The highest BCUT2D eigenvalue weighted by Gasteiger charge is 2.16. The molecule has 3 rings (SSSR count). The summed E-state index contributed by atoms with van der Waals surface area (Å²) in [7, 11) is 0. The minimum Gasteiger partial charge on any atom is -0.376 e. The summed E-state index contributed by atoms with van der Waals surface area (Å²) < 4.78 is 0. The fourth-order valence-electron chi connectivity index (χ4n) is 3.12. The summed E-state index contributed by atoms with van der Waals surface area (Å²) in [5, 5.41) is 6.57. The SMILES string of the molecule is CCN(C(=O)c1cccc(NC(=O)CNc2cccc(Cl)c2C)c1)c1ccccc1. The lowest BCUT2D eigenvalue weighted by Gasteiger charge is -2.21. The van der Waals surface area contributed by atoms with Gasteiger partial charge in [0.1, 0.15) is 0 Å². The number of hydrogen-bond donors (Lipinski definition) is 2. The molecular weight excluding hydrogens is 398 g/mol. The third-order valence-electron chi connectivity index (χ3n) is 4.73. The number of halogens is 1. The van der Waals surface area contributed by atoms with E-state index < -0.39 is 0 Å². The quantitative estimate of drug-likeness (QED) is 0.539. The molecule has 0 aliphatic rings. The maximum atomic E-state index is 13.0. The Bertz CT molecular complexity index is 1040. The van der Waals surface area contributed by atoms with Gasteiger partial charge in [-0.05, 0) is 61.9 Å². The first-order valence-corrected chi connectivity index (χ1v) is 10.1. The monoisotopic (exact) mass is 421 g/mol. The Kier molecular flexibility index (Phi) is 7.09. The van der Waals surface area contributed by atoms with Gasteiger partial charge in [0.05, 0.1) is 6.54 Å². The van der Waals surface area contributed by atoms with Crippen LogP contribution in [0.3, 0.4) is 0 Å². The molecule has 0 heterocycles. The van der Waals surface area contributed by atoms with E-state index >= 15 is 0 Å². The molecule has 2 amide bonds. The summed E-state index contributed by atoms with van der Waals surface area (Å²) >= 11 is 6.11. The second-order valence-electron chi connectivity index (χ2n) is 6.78. The molecule has 0 unspecified atom stereocenters. The van der Waals surface area contributed by atoms with Gasteiger partial charge in [0, 0.05) is 34.2 Å². The second kappa shape index (κ2) is 9.94. The van der Waals surface area contributed by atoms with Crippen molar-refractivity contribution in [1.82, 2.24) is 0 Å². The molecular formula is C24H24ClN3O2. The molecule has 0 saturated heterocycles. The summed E-state index contributed by atoms with van der Waals surface area (Å²) in [4.78, 5) is 27.1. The predicted octanol–water partition coefficient (Wildman–Crippen LogP) is 5.37. The fourth-order valence-corrected chi connectivity index (χ4v) is 3.29. The number of benzene rings is 3. The first-order valence-electron chi connectivity index (χ1n) is 9.75. The van der Waals surface area contributed by atoms with Gasteiger partial charge in [-0.25, -0.2) is 0 Å². The molecule has 0 aliphatic heterocycles. The van der Waals surface area contributed by atoms with Crippen LogP contribution in [-0.2, 0) is 4.79 Å². The normalized spacial score (nSPS) is 10.4. The number of carbonyl (C=O) groups is 2. The van der Waals surface area contributed by atoms with Crippen LogP contribution >= 0.6 is 11.6 Å². The molecule has 0 atom stereocenters. The maximum Gasteiger partial charge on any atom is 0.258 e. The third-order valence-corrected chi connectivity index (χ3v) is 5.14. The molecule has 0 fully saturated rings. The minimum absolute atomic E-state index is 0.0878. The van der Waals surface area contributed by atoms with Crippen LogP contribution in [0.2, 0.25) is 5.02 Å². The van der Waals surface area contributed by atoms with E-state index in [4.69, 9.17) is 11.6 Å². The van der Waals surface area contributed by atoms with Gasteiger partial charge < -0.3 is 15.5 Å². The van der Waals surface area contributed by atoms with E-state index in [0.29, 0.717) is 22.8 Å². The lowest BCUT2D eigenvalue weighted by Crippen LogP contribution is -2.30. The number of para-hydroxylation sites is 1. The van der Waals surface area contributed by atoms with E-state index in [2.05, 4.69) is 10.6 Å². The fraction of sp³-hybridized carbons (Fsp3) is 0.167. The third kappa shape index (κ3) is 5.19. The average Bonchev–Trinajstić information content (AvgIpc) is 2.76. The zero-order valence-electron chi connectivity index (χ0n) is 17.0. The lowest BCUT2D eigenvalue weighted by atomic mass is 10.1. The van der Waals surface area contributed by atoms with Gasteiger partial charge in [-0.1, -0.05) is 41.9 Å². The van der Waals surface area contributed by atoms with E-state index in [1.807, 2.05) is 56.3 Å². The summed E-state index contributed by atoms with van der Waals surface area (Å²) in [6.45, 7) is 4.46. The van der Waals surface area contributed by atoms with Gasteiger partial charge in [-0.15, -0.1) is 0 Å². The first kappa shape index (κ1) is 21.4. The molecule has 2 N–H and O–H groups in total. The van der Waals surface area contributed by atoms with Crippen LogP contribution in [0.4, 0.5) is 17.1 Å². The van der Waals surface area contributed by atoms with Crippen LogP contribution in [-0.4, -0.2) is 24.9 Å². The van der Waals surface area contributed by atoms with Crippen LogP contribution in [0.5, 0.6) is 0 Å². The number of carbonyl (C=O) groups excluding carboxylic acids is 2. The largest absolute Gasteiger partial charge is 0.376 e. The van der Waals surface area contributed by atoms with Crippen LogP contribution in [0.15, 0.2) is 72.8 Å². The summed E-state index contributed by atoms with van der Waals surface area (Å²) in [5.41, 5.74) is 3.61. The standard InChI is InChI=1S/C24H24ClN3O2/c1-3-28(20-11-5-4-6-12-20)24(30)18-9-7-10-19(15-18)27-23(29)16-26-22-14-8-13-21(25)17(22)2/h4-15,26H,3,16H2,1-2H3,(H,27,29). The van der Waals surface area contributed by atoms with Gasteiger partial charge >= 0.3 is 0 Å². The smallest absolute Gasteiger partial charge is 0.258 e. The predicted molar refractivity (Wildman–Crippen MR) is 124 cm³/mol. The lowest BCUT2D eigenvalue weighted by molar-refractivity contribution is -0.114. The Morgan fingerprint density at radius 2 is 1.70 bits per heavy atom. The molecule has 0 saturated carbocycles. The van der Waals surface area contributed by atoms with Crippen molar-refractivity contribution < 1.29 is 9.59 Å². The Balaban J connectivity index is 1.67. The van der Waals surface area contributed by atoms with Crippen molar-refractivity contribution >= 4 is 40.5 Å². The molecule has 5 nitrogen and oxygen atoms in total. The molecule has 0 bridgehead atoms. The van der Waals surface area contributed by atoms with Crippen LogP contribution < -0.4 is 15.5 Å². The number of anilines is 3. The van der Waals surface area contributed by atoms with Gasteiger partial charge in [0.15, 0.2) is 0 Å². The van der Waals surface area contributed by atoms with E-state index in [1.165, 1.54) is 0 Å². The highest BCUT2D eigenvalue weighted by atomic mass is 35.5. The van der Waals surface area contributed by atoms with Crippen molar-refractivity contribution in [3.8, 4) is 0 Å². The van der Waals surface area contributed by atoms with E-state index in [-0.39, 0.29) is 18.4 Å². The topological polar surface area (TPSA) is 61.4 Å². The van der Waals surface area contributed by atoms with E-state index in [0.717, 1.165) is 16.9 Å². The number of amides is 2. The zero-order valence-corrected chi connectivity index (χ0v) is 17.7. The van der Waals surface area contributed by atoms with Crippen molar-refractivity contribution in [2.75, 3.05) is 28.6 Å². The summed E-state index contributed by atoms with van der Waals surface area (Å²) in [6.07, 6.45) is 0. The number of nitrogens with zero attached hydrogens (tertiary/aromatic N) is 1. The molecule has 3 aromatic rings. The molecule has 0 spiro atoms. The van der Waals surface area contributed by atoms with Gasteiger partial charge in [-0.2, -0.15) is 0 Å². The van der Waals surface area contributed by atoms with Gasteiger partial charge in [0.25, 0.3) is 5.91 Å². The molecule has 0 aromatic heterocycles. The molecule has 0 radical (unpaired) electrons. The highest BCUT2D eigenvalue weighted by Crippen LogP contribution is 2.23. The zero-order chi connectivity index (χ0) is 21.5. The Hall–Kier alpha value is -3.31. The Labute approximate surface area is 181 Å². The molecule has 3 aromatic carbocycles.